The number of unbranched alkanes of at least 4 members (excludes halogenated alkanes) is 1. The van der Waals surface area contributed by atoms with E-state index in [0.717, 1.165) is 6.42 Å². The second-order valence-electron chi connectivity index (χ2n) is 3.57. The number of nitrogens with two attached hydrogens (primary N) is 1. The summed E-state index contributed by atoms with van der Waals surface area (Å²) in [4.78, 5) is 20.8. The SMILES string of the molecule is C[C@H](NNCCCC[C@H](N)C(=O)O)C(=O)O. The van der Waals surface area contributed by atoms with Gasteiger partial charge in [-0.3, -0.25) is 15.0 Å². The number of hydrogen-bond donors (Lipinski definition) is 5. The van der Waals surface area contributed by atoms with Crippen LogP contribution in [0.2, 0.25) is 0 Å². The summed E-state index contributed by atoms with van der Waals surface area (Å²) in [5, 5.41) is 17.0. The summed E-state index contributed by atoms with van der Waals surface area (Å²) in [6.07, 6.45) is 1.84. The van der Waals surface area contributed by atoms with Gasteiger partial charge in [-0.15, -0.1) is 0 Å². The number of nitrogens with one attached hydrogen (secondary N) is 2. The molecule has 0 radical (unpaired) electrons. The second-order valence-corrected chi connectivity index (χ2v) is 3.57. The minimum atomic E-state index is -0.995. The first-order valence-corrected chi connectivity index (χ1v) is 5.14. The van der Waals surface area contributed by atoms with Crippen LogP contribution in [-0.2, 0) is 9.59 Å². The average Bonchev–Trinajstić information content (AvgIpc) is 2.21. The topological polar surface area (TPSA) is 125 Å². The Morgan fingerprint density at radius 3 is 2.38 bits per heavy atom. The van der Waals surface area contributed by atoms with Crippen molar-refractivity contribution in [2.24, 2.45) is 5.73 Å². The lowest BCUT2D eigenvalue weighted by Gasteiger charge is -2.10. The summed E-state index contributed by atoms with van der Waals surface area (Å²) in [7, 11) is 0. The maximum absolute atomic E-state index is 10.4. The summed E-state index contributed by atoms with van der Waals surface area (Å²) < 4.78 is 0. The number of aliphatic carboxylic acids is 2. The first-order chi connectivity index (χ1) is 7.45. The van der Waals surface area contributed by atoms with Gasteiger partial charge in [-0.2, -0.15) is 0 Å². The van der Waals surface area contributed by atoms with Gasteiger partial charge in [0.2, 0.25) is 0 Å². The summed E-state index contributed by atoms with van der Waals surface area (Å²) in [6.45, 7) is 2.10. The molecule has 0 aromatic rings. The molecule has 0 spiro atoms. The molecular weight excluding hydrogens is 214 g/mol. The van der Waals surface area contributed by atoms with Crippen molar-refractivity contribution < 1.29 is 19.8 Å². The lowest BCUT2D eigenvalue weighted by molar-refractivity contribution is -0.140. The van der Waals surface area contributed by atoms with Crippen molar-refractivity contribution >= 4 is 11.9 Å². The highest BCUT2D eigenvalue weighted by Crippen LogP contribution is 1.97. The highest BCUT2D eigenvalue weighted by molar-refractivity contribution is 5.73. The van der Waals surface area contributed by atoms with Crippen molar-refractivity contribution in [3.63, 3.8) is 0 Å². The number of carbonyl (C=O) groups is 2. The third-order valence-corrected chi connectivity index (χ3v) is 2.07. The summed E-state index contributed by atoms with van der Waals surface area (Å²) in [5.74, 6) is -1.93. The van der Waals surface area contributed by atoms with Gasteiger partial charge in [-0.25, -0.2) is 5.43 Å². The zero-order valence-corrected chi connectivity index (χ0v) is 9.27. The lowest BCUT2D eigenvalue weighted by atomic mass is 10.1. The molecule has 7 nitrogen and oxygen atoms in total. The molecule has 0 heterocycles. The van der Waals surface area contributed by atoms with Crippen LogP contribution in [0.5, 0.6) is 0 Å². The molecule has 0 saturated carbocycles. The van der Waals surface area contributed by atoms with Crippen molar-refractivity contribution in [2.75, 3.05) is 6.54 Å². The molecule has 0 aromatic heterocycles. The Hall–Kier alpha value is -1.18. The number of hydrazine groups is 1. The molecule has 0 aliphatic carbocycles. The van der Waals surface area contributed by atoms with Crippen LogP contribution in [0.15, 0.2) is 0 Å². The largest absolute Gasteiger partial charge is 0.480 e. The average molecular weight is 233 g/mol. The van der Waals surface area contributed by atoms with E-state index in [1.165, 1.54) is 6.92 Å². The van der Waals surface area contributed by atoms with E-state index >= 15 is 0 Å². The standard InChI is InChI=1S/C9H19N3O4/c1-6(8(13)14)12-11-5-3-2-4-7(10)9(15)16/h6-7,11-12H,2-5,10H2,1H3,(H,13,14)(H,15,16)/t6-,7-/m0/s1. The third-order valence-electron chi connectivity index (χ3n) is 2.07. The van der Waals surface area contributed by atoms with Crippen LogP contribution in [-0.4, -0.2) is 40.8 Å². The van der Waals surface area contributed by atoms with E-state index < -0.39 is 24.0 Å². The fraction of sp³-hybridized carbons (Fsp3) is 0.778. The van der Waals surface area contributed by atoms with E-state index in [9.17, 15) is 9.59 Å². The Kier molecular flexibility index (Phi) is 7.44. The third kappa shape index (κ3) is 7.16. The summed E-state index contributed by atoms with van der Waals surface area (Å²) >= 11 is 0. The smallest absolute Gasteiger partial charge is 0.321 e. The van der Waals surface area contributed by atoms with Gasteiger partial charge in [-0.05, 0) is 26.2 Å². The molecule has 16 heavy (non-hydrogen) atoms. The summed E-state index contributed by atoms with van der Waals surface area (Å²) in [5.41, 5.74) is 10.7. The van der Waals surface area contributed by atoms with Gasteiger partial charge in [0.25, 0.3) is 0 Å². The summed E-state index contributed by atoms with van der Waals surface area (Å²) in [6, 6.07) is -1.47. The van der Waals surface area contributed by atoms with Crippen LogP contribution in [0.25, 0.3) is 0 Å². The maximum Gasteiger partial charge on any atom is 0.321 e. The molecule has 2 atom stereocenters. The van der Waals surface area contributed by atoms with Gasteiger partial charge in [0.05, 0.1) is 0 Å². The highest BCUT2D eigenvalue weighted by atomic mass is 16.4. The van der Waals surface area contributed by atoms with Crippen LogP contribution >= 0.6 is 0 Å². The fourth-order valence-electron chi connectivity index (χ4n) is 0.988. The van der Waals surface area contributed by atoms with Gasteiger partial charge in [0, 0.05) is 6.54 Å². The van der Waals surface area contributed by atoms with Crippen LogP contribution in [0.4, 0.5) is 0 Å². The van der Waals surface area contributed by atoms with E-state index in [1.807, 2.05) is 0 Å². The van der Waals surface area contributed by atoms with Crippen LogP contribution < -0.4 is 16.6 Å². The molecule has 0 aromatic carbocycles. The minimum absolute atomic E-state index is 0.422. The van der Waals surface area contributed by atoms with Crippen molar-refractivity contribution in [2.45, 2.75) is 38.3 Å². The molecule has 0 amide bonds. The zero-order chi connectivity index (χ0) is 12.6. The maximum atomic E-state index is 10.4. The fourth-order valence-corrected chi connectivity index (χ4v) is 0.988. The molecule has 0 unspecified atom stereocenters. The Bertz CT molecular complexity index is 211. The number of rotatable bonds is 9. The van der Waals surface area contributed by atoms with E-state index in [4.69, 9.17) is 15.9 Å². The van der Waals surface area contributed by atoms with Crippen LogP contribution in [0.3, 0.4) is 0 Å². The molecule has 0 bridgehead atoms. The van der Waals surface area contributed by atoms with Gasteiger partial charge in [-0.1, -0.05) is 0 Å². The molecule has 0 fully saturated rings. The second kappa shape index (κ2) is 8.03. The molecule has 0 aliphatic rings. The monoisotopic (exact) mass is 233 g/mol. The molecular formula is C9H19N3O4. The predicted octanol–water partition coefficient (Wildman–Crippen LogP) is -0.864. The molecule has 94 valence electrons. The van der Waals surface area contributed by atoms with Crippen molar-refractivity contribution in [1.82, 2.24) is 10.9 Å². The Balaban J connectivity index is 3.34. The van der Waals surface area contributed by atoms with Crippen molar-refractivity contribution in [3.8, 4) is 0 Å². The first kappa shape index (κ1) is 14.8. The minimum Gasteiger partial charge on any atom is -0.480 e. The molecule has 0 aliphatic heterocycles. The number of carboxylic acids is 2. The van der Waals surface area contributed by atoms with E-state index in [2.05, 4.69) is 10.9 Å². The molecule has 0 saturated heterocycles. The number of hydrogen-bond acceptors (Lipinski definition) is 5. The Morgan fingerprint density at radius 1 is 1.25 bits per heavy atom. The Morgan fingerprint density at radius 2 is 1.88 bits per heavy atom. The zero-order valence-electron chi connectivity index (χ0n) is 9.27. The van der Waals surface area contributed by atoms with Gasteiger partial charge >= 0.3 is 11.9 Å². The lowest BCUT2D eigenvalue weighted by Crippen LogP contribution is -2.43. The van der Waals surface area contributed by atoms with E-state index in [1.54, 1.807) is 0 Å². The first-order valence-electron chi connectivity index (χ1n) is 5.14. The normalized spacial score (nSPS) is 14.4. The van der Waals surface area contributed by atoms with Crippen LogP contribution in [0.1, 0.15) is 26.2 Å². The Labute approximate surface area is 94.0 Å². The van der Waals surface area contributed by atoms with E-state index in [0.29, 0.717) is 19.4 Å². The molecule has 6 N–H and O–H groups in total. The number of carboxylic acid groups (broad SMARTS) is 2. The molecule has 0 rings (SSSR count). The van der Waals surface area contributed by atoms with Gasteiger partial charge in [0.15, 0.2) is 0 Å². The van der Waals surface area contributed by atoms with Gasteiger partial charge < -0.3 is 15.9 Å². The highest BCUT2D eigenvalue weighted by Gasteiger charge is 2.10. The van der Waals surface area contributed by atoms with Gasteiger partial charge in [0.1, 0.15) is 12.1 Å². The van der Waals surface area contributed by atoms with Crippen LogP contribution in [0, 0.1) is 0 Å². The van der Waals surface area contributed by atoms with E-state index in [-0.39, 0.29) is 0 Å². The quantitative estimate of drug-likeness (QED) is 0.259. The molecule has 7 heteroatoms. The predicted molar refractivity (Wildman–Crippen MR) is 57.7 cm³/mol. The van der Waals surface area contributed by atoms with Crippen molar-refractivity contribution in [1.29, 1.82) is 0 Å². The van der Waals surface area contributed by atoms with Crippen molar-refractivity contribution in [3.05, 3.63) is 0 Å².